The van der Waals surface area contributed by atoms with Crippen LogP contribution in [0.15, 0.2) is 16.8 Å². The number of ether oxygens (including phenoxy) is 1. The molecule has 1 aromatic rings. The third-order valence-corrected chi connectivity index (χ3v) is 4.21. The van der Waals surface area contributed by atoms with Crippen molar-refractivity contribution in [1.29, 1.82) is 0 Å². The third-order valence-electron chi connectivity index (χ3n) is 3.55. The fourth-order valence-corrected chi connectivity index (χ4v) is 2.64. The van der Waals surface area contributed by atoms with E-state index in [0.29, 0.717) is 0 Å². The topological polar surface area (TPSA) is 9.23 Å². The summed E-state index contributed by atoms with van der Waals surface area (Å²) in [5.41, 5.74) is 0. The van der Waals surface area contributed by atoms with Gasteiger partial charge in [0.2, 0.25) is 0 Å². The zero-order valence-corrected chi connectivity index (χ0v) is 13.5. The second-order valence-corrected chi connectivity index (χ2v) is 4.96. The lowest BCUT2D eigenvalue weighted by Gasteiger charge is -2.35. The first-order valence-electron chi connectivity index (χ1n) is 6.26. The summed E-state index contributed by atoms with van der Waals surface area (Å²) in [6, 6.07) is 2.03. The Balaban J connectivity index is 0.00000256. The molecule has 1 rings (SSSR count). The maximum Gasteiger partial charge on any atom is 0.129 e. The maximum atomic E-state index is 5.68. The second-order valence-electron chi connectivity index (χ2n) is 4.17. The molecule has 0 aliphatic rings. The van der Waals surface area contributed by atoms with Crippen molar-refractivity contribution in [3.8, 4) is 5.75 Å². The average Bonchev–Trinajstić information content (AvgIpc) is 2.83. The molecule has 0 aliphatic carbocycles. The predicted molar refractivity (Wildman–Crippen MR) is 71.2 cm³/mol. The first-order valence-corrected chi connectivity index (χ1v) is 7.20. The van der Waals surface area contributed by atoms with Crippen LogP contribution in [0.2, 0.25) is 0 Å². The lowest BCUT2D eigenvalue weighted by atomic mass is 10.3. The largest absolute Gasteiger partial charge is 1.00 e. The molecule has 0 radical (unpaired) electrons. The summed E-state index contributed by atoms with van der Waals surface area (Å²) in [5.74, 6) is 1.02. The molecule has 0 aliphatic heterocycles. The van der Waals surface area contributed by atoms with Crippen LogP contribution in [-0.4, -0.2) is 37.3 Å². The van der Waals surface area contributed by atoms with Gasteiger partial charge in [-0.25, -0.2) is 0 Å². The molecule has 0 N–H and O–H groups in total. The summed E-state index contributed by atoms with van der Waals surface area (Å²) in [6.45, 7) is 12.6. The minimum atomic E-state index is 0. The first kappa shape index (κ1) is 16.9. The summed E-state index contributed by atoms with van der Waals surface area (Å²) < 4.78 is 6.89. The zero-order chi connectivity index (χ0) is 11.9. The van der Waals surface area contributed by atoms with Crippen LogP contribution in [0.5, 0.6) is 5.75 Å². The highest BCUT2D eigenvalue weighted by Crippen LogP contribution is 2.15. The second kappa shape index (κ2) is 8.95. The fourth-order valence-electron chi connectivity index (χ4n) is 2.07. The Kier molecular flexibility index (Phi) is 8.92. The van der Waals surface area contributed by atoms with Crippen molar-refractivity contribution < 1.29 is 26.2 Å². The summed E-state index contributed by atoms with van der Waals surface area (Å²) in [5, 5.41) is 4.11. The predicted octanol–water partition coefficient (Wildman–Crippen LogP) is 0.398. The van der Waals surface area contributed by atoms with Gasteiger partial charge in [0, 0.05) is 11.8 Å². The Morgan fingerprint density at radius 1 is 1.18 bits per heavy atom. The molecule has 100 valence electrons. The summed E-state index contributed by atoms with van der Waals surface area (Å²) in [7, 11) is 0. The van der Waals surface area contributed by atoms with Gasteiger partial charge in [0.25, 0.3) is 0 Å². The molecule has 1 aromatic heterocycles. The van der Waals surface area contributed by atoms with E-state index in [2.05, 4.69) is 31.5 Å². The molecule has 1 heterocycles. The van der Waals surface area contributed by atoms with Gasteiger partial charge in [0.1, 0.15) is 5.75 Å². The number of rotatable bonds is 8. The highest BCUT2D eigenvalue weighted by atomic mass is 79.9. The molecule has 0 unspecified atom stereocenters. The number of quaternary nitrogens is 1. The molecule has 0 amide bonds. The molecule has 0 bridgehead atoms. The summed E-state index contributed by atoms with van der Waals surface area (Å²) >= 11 is 1.69. The molecule has 4 heteroatoms. The zero-order valence-electron chi connectivity index (χ0n) is 11.1. The number of nitrogens with zero attached hydrogens (tertiary/aromatic N) is 1. The average molecular weight is 322 g/mol. The Morgan fingerprint density at radius 3 is 2.29 bits per heavy atom. The van der Waals surface area contributed by atoms with Gasteiger partial charge >= 0.3 is 0 Å². The molecular weight excluding hydrogens is 298 g/mol. The van der Waals surface area contributed by atoms with Crippen molar-refractivity contribution >= 4 is 11.3 Å². The molecule has 0 fully saturated rings. The first-order chi connectivity index (χ1) is 7.76. The van der Waals surface area contributed by atoms with Crippen molar-refractivity contribution in [3.63, 3.8) is 0 Å². The van der Waals surface area contributed by atoms with E-state index in [1.807, 2.05) is 6.07 Å². The van der Waals surface area contributed by atoms with E-state index in [-0.39, 0.29) is 17.0 Å². The van der Waals surface area contributed by atoms with Gasteiger partial charge in [0.15, 0.2) is 0 Å². The Bertz CT molecular complexity index is 265. The smallest absolute Gasteiger partial charge is 0.129 e. The molecule has 17 heavy (non-hydrogen) atoms. The van der Waals surface area contributed by atoms with E-state index in [1.54, 1.807) is 11.3 Å². The van der Waals surface area contributed by atoms with Gasteiger partial charge in [-0.1, -0.05) is 0 Å². The number of hydrogen-bond donors (Lipinski definition) is 0. The van der Waals surface area contributed by atoms with Crippen LogP contribution in [0.1, 0.15) is 27.2 Å². The molecule has 2 nitrogen and oxygen atoms in total. The van der Waals surface area contributed by atoms with E-state index < -0.39 is 0 Å². The van der Waals surface area contributed by atoms with E-state index in [9.17, 15) is 0 Å². The van der Waals surface area contributed by atoms with Gasteiger partial charge in [0.05, 0.1) is 32.8 Å². The third kappa shape index (κ3) is 5.40. The standard InChI is InChI=1S/C13H24NOS.BrH/c1-4-14(5-2,6-3)9-7-10-15-13-8-11-16-12-13;/h8,11-12H,4-7,9-10H2,1-3H3;1H/q+1;/p-1. The minimum absolute atomic E-state index is 0. The van der Waals surface area contributed by atoms with Gasteiger partial charge in [-0.15, -0.1) is 11.3 Å². The lowest BCUT2D eigenvalue weighted by Crippen LogP contribution is -3.00. The van der Waals surface area contributed by atoms with Crippen molar-refractivity contribution in [1.82, 2.24) is 0 Å². The van der Waals surface area contributed by atoms with Crippen LogP contribution in [-0.2, 0) is 0 Å². The highest BCUT2D eigenvalue weighted by Gasteiger charge is 2.19. The number of hydrogen-bond acceptors (Lipinski definition) is 2. The van der Waals surface area contributed by atoms with Gasteiger partial charge in [-0.05, 0) is 32.2 Å². The SMILES string of the molecule is CC[N+](CC)(CC)CCCOc1ccsc1.[Br-]. The van der Waals surface area contributed by atoms with Crippen LogP contribution in [0.25, 0.3) is 0 Å². The maximum absolute atomic E-state index is 5.68. The van der Waals surface area contributed by atoms with E-state index >= 15 is 0 Å². The van der Waals surface area contributed by atoms with Crippen LogP contribution >= 0.6 is 11.3 Å². The minimum Gasteiger partial charge on any atom is -1.00 e. The van der Waals surface area contributed by atoms with Crippen molar-refractivity contribution in [2.45, 2.75) is 27.2 Å². The molecule has 0 saturated heterocycles. The molecular formula is C13H24BrNOS. The molecule has 0 atom stereocenters. The van der Waals surface area contributed by atoms with Crippen LogP contribution in [0.3, 0.4) is 0 Å². The van der Waals surface area contributed by atoms with Gasteiger partial charge in [-0.3, -0.25) is 0 Å². The van der Waals surface area contributed by atoms with Crippen LogP contribution in [0, 0.1) is 0 Å². The van der Waals surface area contributed by atoms with Crippen LogP contribution in [0.4, 0.5) is 0 Å². The summed E-state index contributed by atoms with van der Waals surface area (Å²) in [6.07, 6.45) is 1.14. The molecule has 0 saturated carbocycles. The van der Waals surface area contributed by atoms with Gasteiger partial charge in [-0.2, -0.15) is 0 Å². The number of halogens is 1. The van der Waals surface area contributed by atoms with E-state index in [4.69, 9.17) is 4.74 Å². The van der Waals surface area contributed by atoms with E-state index in [1.165, 1.54) is 30.7 Å². The summed E-state index contributed by atoms with van der Waals surface area (Å²) in [4.78, 5) is 0. The van der Waals surface area contributed by atoms with Crippen molar-refractivity contribution in [2.75, 3.05) is 32.8 Å². The number of thiophene rings is 1. The van der Waals surface area contributed by atoms with Crippen molar-refractivity contribution in [2.24, 2.45) is 0 Å². The van der Waals surface area contributed by atoms with Gasteiger partial charge < -0.3 is 26.2 Å². The quantitative estimate of drug-likeness (QED) is 0.497. The lowest BCUT2D eigenvalue weighted by molar-refractivity contribution is -0.923. The Labute approximate surface area is 120 Å². The highest BCUT2D eigenvalue weighted by molar-refractivity contribution is 7.08. The fraction of sp³-hybridized carbons (Fsp3) is 0.692. The van der Waals surface area contributed by atoms with E-state index in [0.717, 1.165) is 18.8 Å². The van der Waals surface area contributed by atoms with Crippen LogP contribution < -0.4 is 21.7 Å². The normalized spacial score (nSPS) is 11.0. The van der Waals surface area contributed by atoms with Crippen molar-refractivity contribution in [3.05, 3.63) is 16.8 Å². The monoisotopic (exact) mass is 321 g/mol. The molecule has 0 aromatic carbocycles. The Hall–Kier alpha value is -0.0600. The Morgan fingerprint density at radius 2 is 1.82 bits per heavy atom. The molecule has 0 spiro atoms.